The van der Waals surface area contributed by atoms with Gasteiger partial charge in [-0.15, -0.1) is 0 Å². The molecule has 0 bridgehead atoms. The third-order valence-corrected chi connectivity index (χ3v) is 2.53. The first-order chi connectivity index (χ1) is 8.61. The first-order valence-corrected chi connectivity index (χ1v) is 6.27. The van der Waals surface area contributed by atoms with Crippen molar-refractivity contribution in [2.75, 3.05) is 0 Å². The van der Waals surface area contributed by atoms with Crippen molar-refractivity contribution in [1.82, 2.24) is 14.8 Å². The van der Waals surface area contributed by atoms with Crippen LogP contribution < -0.4 is 0 Å². The highest BCUT2D eigenvalue weighted by atomic mass is 19.1. The summed E-state index contributed by atoms with van der Waals surface area (Å²) in [5.74, 6) is 0.409. The van der Waals surface area contributed by atoms with Crippen LogP contribution in [0.4, 0.5) is 4.39 Å². The fraction of sp³-hybridized carbons (Fsp3) is 0.429. The molecule has 0 aliphatic heterocycles. The Balaban J connectivity index is 0.000000771. The molecule has 1 aromatic heterocycles. The Bertz CT molecular complexity index is 518. The minimum atomic E-state index is -0.176. The molecule has 0 amide bonds. The SMILES string of the molecule is CC.CCc1c(F)cc(C)cc1-c1ncn(C)n1. The molecule has 0 saturated carbocycles. The molecule has 0 spiro atoms. The lowest BCUT2D eigenvalue weighted by Gasteiger charge is -2.07. The van der Waals surface area contributed by atoms with Crippen LogP contribution in [0.2, 0.25) is 0 Å². The average Bonchev–Trinajstić information content (AvgIpc) is 2.77. The van der Waals surface area contributed by atoms with Crippen LogP contribution in [0.1, 0.15) is 31.9 Å². The van der Waals surface area contributed by atoms with Gasteiger partial charge in [-0.2, -0.15) is 5.10 Å². The van der Waals surface area contributed by atoms with Crippen molar-refractivity contribution in [3.63, 3.8) is 0 Å². The number of hydrogen-bond donors (Lipinski definition) is 0. The van der Waals surface area contributed by atoms with E-state index in [0.29, 0.717) is 17.8 Å². The van der Waals surface area contributed by atoms with E-state index in [1.165, 1.54) is 0 Å². The zero-order chi connectivity index (χ0) is 13.7. The van der Waals surface area contributed by atoms with Crippen LogP contribution in [0.25, 0.3) is 11.4 Å². The third kappa shape index (κ3) is 2.94. The summed E-state index contributed by atoms with van der Waals surface area (Å²) in [6, 6.07) is 3.47. The normalized spacial score (nSPS) is 9.89. The molecule has 98 valence electrons. The number of aromatic nitrogens is 3. The summed E-state index contributed by atoms with van der Waals surface area (Å²) in [6.07, 6.45) is 2.26. The van der Waals surface area contributed by atoms with Gasteiger partial charge in [-0.25, -0.2) is 9.37 Å². The first kappa shape index (κ1) is 14.4. The van der Waals surface area contributed by atoms with Crippen molar-refractivity contribution >= 4 is 0 Å². The van der Waals surface area contributed by atoms with Crippen LogP contribution in [-0.4, -0.2) is 14.8 Å². The molecule has 0 radical (unpaired) electrons. The van der Waals surface area contributed by atoms with E-state index in [1.807, 2.05) is 33.8 Å². The van der Waals surface area contributed by atoms with E-state index in [1.54, 1.807) is 24.1 Å². The van der Waals surface area contributed by atoms with Crippen molar-refractivity contribution < 1.29 is 4.39 Å². The lowest BCUT2D eigenvalue weighted by Crippen LogP contribution is -1.96. The lowest BCUT2D eigenvalue weighted by molar-refractivity contribution is 0.611. The van der Waals surface area contributed by atoms with E-state index in [-0.39, 0.29) is 5.82 Å². The second kappa shape index (κ2) is 6.28. The van der Waals surface area contributed by atoms with Gasteiger partial charge in [0, 0.05) is 12.6 Å². The zero-order valence-electron chi connectivity index (χ0n) is 11.7. The second-order valence-corrected chi connectivity index (χ2v) is 3.87. The topological polar surface area (TPSA) is 30.7 Å². The van der Waals surface area contributed by atoms with Crippen LogP contribution in [0, 0.1) is 12.7 Å². The van der Waals surface area contributed by atoms with Crippen molar-refractivity contribution in [3.05, 3.63) is 35.4 Å². The molecule has 2 rings (SSSR count). The number of aryl methyl sites for hydroxylation is 2. The smallest absolute Gasteiger partial charge is 0.181 e. The minimum Gasteiger partial charge on any atom is -0.255 e. The van der Waals surface area contributed by atoms with E-state index in [9.17, 15) is 4.39 Å². The summed E-state index contributed by atoms with van der Waals surface area (Å²) >= 11 is 0. The Hall–Kier alpha value is -1.71. The van der Waals surface area contributed by atoms with E-state index in [0.717, 1.165) is 11.1 Å². The maximum absolute atomic E-state index is 13.7. The summed E-state index contributed by atoms with van der Waals surface area (Å²) in [5, 5.41) is 4.21. The molecule has 4 heteroatoms. The van der Waals surface area contributed by atoms with E-state index >= 15 is 0 Å². The molecule has 18 heavy (non-hydrogen) atoms. The number of hydrogen-bond acceptors (Lipinski definition) is 2. The van der Waals surface area contributed by atoms with Gasteiger partial charge in [0.25, 0.3) is 0 Å². The molecule has 0 fully saturated rings. The number of halogens is 1. The highest BCUT2D eigenvalue weighted by Crippen LogP contribution is 2.24. The minimum absolute atomic E-state index is 0.176. The van der Waals surface area contributed by atoms with Crippen LogP contribution in [0.15, 0.2) is 18.5 Å². The van der Waals surface area contributed by atoms with Gasteiger partial charge in [0.15, 0.2) is 5.82 Å². The number of nitrogens with zero attached hydrogens (tertiary/aromatic N) is 3. The second-order valence-electron chi connectivity index (χ2n) is 3.87. The quantitative estimate of drug-likeness (QED) is 0.815. The van der Waals surface area contributed by atoms with E-state index in [4.69, 9.17) is 0 Å². The Morgan fingerprint density at radius 2 is 1.94 bits per heavy atom. The largest absolute Gasteiger partial charge is 0.255 e. The fourth-order valence-corrected chi connectivity index (χ4v) is 1.79. The Kier molecular flexibility index (Phi) is 5.01. The predicted molar refractivity (Wildman–Crippen MR) is 71.9 cm³/mol. The maximum atomic E-state index is 13.7. The summed E-state index contributed by atoms with van der Waals surface area (Å²) in [7, 11) is 1.80. The molecular formula is C14H20FN3. The molecule has 0 aliphatic carbocycles. The molecule has 1 aromatic carbocycles. The highest BCUT2D eigenvalue weighted by molar-refractivity contribution is 5.61. The van der Waals surface area contributed by atoms with E-state index in [2.05, 4.69) is 10.1 Å². The molecule has 0 N–H and O–H groups in total. The van der Waals surface area contributed by atoms with Crippen molar-refractivity contribution in [2.45, 2.75) is 34.1 Å². The first-order valence-electron chi connectivity index (χ1n) is 6.27. The Morgan fingerprint density at radius 1 is 1.28 bits per heavy atom. The van der Waals surface area contributed by atoms with Gasteiger partial charge in [0.2, 0.25) is 0 Å². The zero-order valence-corrected chi connectivity index (χ0v) is 11.7. The fourth-order valence-electron chi connectivity index (χ4n) is 1.79. The predicted octanol–water partition coefficient (Wildman–Crippen LogP) is 3.52. The molecule has 1 heterocycles. The molecule has 0 saturated heterocycles. The lowest BCUT2D eigenvalue weighted by atomic mass is 10.0. The standard InChI is InChI=1S/C12H14FN3.C2H6/c1-4-9-10(5-8(2)6-11(9)13)12-14-7-16(3)15-12;1-2/h5-7H,4H2,1-3H3;1-2H3. The summed E-state index contributed by atoms with van der Waals surface area (Å²) in [4.78, 5) is 4.16. The van der Waals surface area contributed by atoms with Gasteiger partial charge in [0.1, 0.15) is 12.1 Å². The monoisotopic (exact) mass is 249 g/mol. The number of benzene rings is 1. The van der Waals surface area contributed by atoms with Crippen LogP contribution in [-0.2, 0) is 13.5 Å². The molecule has 2 aromatic rings. The molecule has 0 aliphatic rings. The van der Waals surface area contributed by atoms with Gasteiger partial charge >= 0.3 is 0 Å². The Labute approximate surface area is 108 Å². The van der Waals surface area contributed by atoms with Crippen LogP contribution in [0.3, 0.4) is 0 Å². The van der Waals surface area contributed by atoms with Gasteiger partial charge < -0.3 is 0 Å². The van der Waals surface area contributed by atoms with Gasteiger partial charge in [-0.3, -0.25) is 4.68 Å². The summed E-state index contributed by atoms with van der Waals surface area (Å²) in [6.45, 7) is 7.80. The third-order valence-electron chi connectivity index (χ3n) is 2.53. The van der Waals surface area contributed by atoms with Crippen LogP contribution >= 0.6 is 0 Å². The molecular weight excluding hydrogens is 229 g/mol. The van der Waals surface area contributed by atoms with Gasteiger partial charge in [-0.1, -0.05) is 20.8 Å². The van der Waals surface area contributed by atoms with Crippen LogP contribution in [0.5, 0.6) is 0 Å². The average molecular weight is 249 g/mol. The van der Waals surface area contributed by atoms with Crippen molar-refractivity contribution in [1.29, 1.82) is 0 Å². The molecule has 0 atom stereocenters. The van der Waals surface area contributed by atoms with Crippen molar-refractivity contribution in [2.24, 2.45) is 7.05 Å². The van der Waals surface area contributed by atoms with Gasteiger partial charge in [0.05, 0.1) is 0 Å². The highest BCUT2D eigenvalue weighted by Gasteiger charge is 2.12. The summed E-state index contributed by atoms with van der Waals surface area (Å²) < 4.78 is 15.4. The van der Waals surface area contributed by atoms with E-state index < -0.39 is 0 Å². The van der Waals surface area contributed by atoms with Crippen molar-refractivity contribution in [3.8, 4) is 11.4 Å². The van der Waals surface area contributed by atoms with Gasteiger partial charge in [-0.05, 0) is 36.6 Å². The summed E-state index contributed by atoms with van der Waals surface area (Å²) in [5.41, 5.74) is 2.36. The number of rotatable bonds is 2. The Morgan fingerprint density at radius 3 is 2.44 bits per heavy atom. The molecule has 3 nitrogen and oxygen atoms in total. The maximum Gasteiger partial charge on any atom is 0.181 e. The molecule has 0 unspecified atom stereocenters.